The molecule has 2 aromatic rings. The average molecular weight is 469 g/mol. The third-order valence-electron chi connectivity index (χ3n) is 4.62. The molecule has 0 aliphatic carbocycles. The van der Waals surface area contributed by atoms with Crippen molar-refractivity contribution >= 4 is 39.2 Å². The highest BCUT2D eigenvalue weighted by Gasteiger charge is 2.26. The molecule has 0 unspecified atom stereocenters. The molecule has 154 valence electrons. The number of hydrogen-bond donors (Lipinski definition) is 1. The number of anilines is 2. The van der Waals surface area contributed by atoms with E-state index in [0.29, 0.717) is 23.5 Å². The third kappa shape index (κ3) is 4.73. The maximum atomic E-state index is 14.0. The van der Waals surface area contributed by atoms with Crippen LogP contribution in [0.2, 0.25) is 0 Å². The van der Waals surface area contributed by atoms with E-state index in [-0.39, 0.29) is 22.7 Å². The number of nitrogens with one attached hydrogen (secondary N) is 1. The molecule has 0 saturated carbocycles. The first-order chi connectivity index (χ1) is 13.8. The summed E-state index contributed by atoms with van der Waals surface area (Å²) in [7, 11) is 3.06. The van der Waals surface area contributed by atoms with Crippen LogP contribution < -0.4 is 10.2 Å². The lowest BCUT2D eigenvalue weighted by Crippen LogP contribution is -2.42. The summed E-state index contributed by atoms with van der Waals surface area (Å²) >= 11 is 2.91. The molecule has 1 saturated heterocycles. The lowest BCUT2D eigenvalue weighted by Gasteiger charge is -2.37. The quantitative estimate of drug-likeness (QED) is 0.514. The number of benzene rings is 2. The van der Waals surface area contributed by atoms with Gasteiger partial charge < -0.3 is 19.7 Å². The average Bonchev–Trinajstić information content (AvgIpc) is 2.64. The zero-order valence-corrected chi connectivity index (χ0v) is 17.4. The van der Waals surface area contributed by atoms with Gasteiger partial charge in [0.05, 0.1) is 41.5 Å². The number of amides is 1. The van der Waals surface area contributed by atoms with Gasteiger partial charge in [0.2, 0.25) is 5.91 Å². The van der Waals surface area contributed by atoms with E-state index < -0.39 is 23.5 Å². The molecule has 1 heterocycles. The molecule has 0 spiro atoms. The van der Waals surface area contributed by atoms with E-state index in [4.69, 9.17) is 9.47 Å². The van der Waals surface area contributed by atoms with Crippen molar-refractivity contribution < 1.29 is 27.8 Å². The largest absolute Gasteiger partial charge is 0.465 e. The maximum absolute atomic E-state index is 14.0. The van der Waals surface area contributed by atoms with Crippen molar-refractivity contribution in [2.24, 2.45) is 0 Å². The fourth-order valence-electron chi connectivity index (χ4n) is 2.92. The molecule has 2 aromatic carbocycles. The van der Waals surface area contributed by atoms with Crippen LogP contribution in [-0.2, 0) is 20.7 Å². The van der Waals surface area contributed by atoms with Gasteiger partial charge in [0.1, 0.15) is 17.9 Å². The first kappa shape index (κ1) is 21.2. The fourth-order valence-corrected chi connectivity index (χ4v) is 3.24. The van der Waals surface area contributed by atoms with Gasteiger partial charge in [0, 0.05) is 19.0 Å². The zero-order chi connectivity index (χ0) is 21.1. The van der Waals surface area contributed by atoms with Gasteiger partial charge in [-0.3, -0.25) is 4.79 Å². The molecule has 0 radical (unpaired) electrons. The van der Waals surface area contributed by atoms with Crippen LogP contribution in [0.25, 0.3) is 0 Å². The van der Waals surface area contributed by atoms with Crippen molar-refractivity contribution in [3.05, 3.63) is 57.6 Å². The summed E-state index contributed by atoms with van der Waals surface area (Å²) in [6, 6.07) is 6.63. The third-order valence-corrected chi connectivity index (χ3v) is 5.23. The minimum absolute atomic E-state index is 0.0121. The van der Waals surface area contributed by atoms with Crippen LogP contribution in [0, 0.1) is 11.6 Å². The Kier molecular flexibility index (Phi) is 6.49. The van der Waals surface area contributed by atoms with Gasteiger partial charge in [0.25, 0.3) is 0 Å². The number of hydrogen-bond acceptors (Lipinski definition) is 5. The van der Waals surface area contributed by atoms with Crippen LogP contribution in [0.15, 0.2) is 34.8 Å². The van der Waals surface area contributed by atoms with Gasteiger partial charge in [-0.25, -0.2) is 13.6 Å². The van der Waals surface area contributed by atoms with E-state index in [2.05, 4.69) is 21.2 Å². The zero-order valence-electron chi connectivity index (χ0n) is 15.8. The molecule has 1 N–H and O–H groups in total. The Balaban J connectivity index is 1.84. The van der Waals surface area contributed by atoms with E-state index >= 15 is 0 Å². The highest BCUT2D eigenvalue weighted by atomic mass is 79.9. The van der Waals surface area contributed by atoms with E-state index in [9.17, 15) is 18.4 Å². The monoisotopic (exact) mass is 468 g/mol. The highest BCUT2D eigenvalue weighted by molar-refractivity contribution is 9.10. The molecule has 1 fully saturated rings. The second kappa shape index (κ2) is 8.87. The standard InChI is InChI=1S/C20H19BrF2N2O4/c1-25(19-5-6-29-19)17-8-11(20(27)28-2)3-4-16(17)24-18(26)9-12-7-15(23)13(21)10-14(12)22/h3-4,7-8,10,19H,5-6,9H2,1-2H3,(H,24,26)/t19-/m0/s1. The predicted octanol–water partition coefficient (Wildman–Crippen LogP) is 3.88. The van der Waals surface area contributed by atoms with E-state index in [1.165, 1.54) is 13.2 Å². The van der Waals surface area contributed by atoms with Gasteiger partial charge in [-0.2, -0.15) is 0 Å². The predicted molar refractivity (Wildman–Crippen MR) is 107 cm³/mol. The van der Waals surface area contributed by atoms with Gasteiger partial charge in [-0.05, 0) is 46.3 Å². The summed E-state index contributed by atoms with van der Waals surface area (Å²) in [4.78, 5) is 26.2. The number of carbonyl (C=O) groups is 2. The molecule has 3 rings (SSSR count). The Morgan fingerprint density at radius 1 is 1.28 bits per heavy atom. The van der Waals surface area contributed by atoms with Crippen molar-refractivity contribution in [3.8, 4) is 0 Å². The summed E-state index contributed by atoms with van der Waals surface area (Å²) in [5.41, 5.74) is 1.21. The Morgan fingerprint density at radius 3 is 2.62 bits per heavy atom. The smallest absolute Gasteiger partial charge is 0.337 e. The van der Waals surface area contributed by atoms with Gasteiger partial charge >= 0.3 is 5.97 Å². The lowest BCUT2D eigenvalue weighted by atomic mass is 10.1. The molecule has 1 aliphatic rings. The van der Waals surface area contributed by atoms with Crippen LogP contribution in [0.4, 0.5) is 20.2 Å². The van der Waals surface area contributed by atoms with Crippen LogP contribution in [0.3, 0.4) is 0 Å². The Hall–Kier alpha value is -2.52. The summed E-state index contributed by atoms with van der Waals surface area (Å²) < 4.78 is 37.9. The minimum atomic E-state index is -0.685. The highest BCUT2D eigenvalue weighted by Crippen LogP contribution is 2.31. The van der Waals surface area contributed by atoms with Crippen molar-refractivity contribution in [2.45, 2.75) is 19.1 Å². The number of carbonyl (C=O) groups excluding carboxylic acids is 2. The topological polar surface area (TPSA) is 67.9 Å². The molecule has 1 amide bonds. The maximum Gasteiger partial charge on any atom is 0.337 e. The fraction of sp³-hybridized carbons (Fsp3) is 0.300. The number of rotatable bonds is 6. The van der Waals surface area contributed by atoms with Crippen molar-refractivity contribution in [1.82, 2.24) is 0 Å². The van der Waals surface area contributed by atoms with Crippen molar-refractivity contribution in [3.63, 3.8) is 0 Å². The minimum Gasteiger partial charge on any atom is -0.465 e. The van der Waals surface area contributed by atoms with Crippen molar-refractivity contribution in [2.75, 3.05) is 31.0 Å². The summed E-state index contributed by atoms with van der Waals surface area (Å²) in [6.45, 7) is 0.627. The SMILES string of the molecule is COC(=O)c1ccc(NC(=O)Cc2cc(F)c(Br)cc2F)c(N(C)[C@@H]2CCO2)c1. The van der Waals surface area contributed by atoms with Crippen LogP contribution in [-0.4, -0.2) is 38.9 Å². The molecule has 9 heteroatoms. The second-order valence-electron chi connectivity index (χ2n) is 6.53. The second-order valence-corrected chi connectivity index (χ2v) is 7.39. The number of esters is 1. The molecule has 1 aliphatic heterocycles. The van der Waals surface area contributed by atoms with Crippen molar-refractivity contribution in [1.29, 1.82) is 0 Å². The summed E-state index contributed by atoms with van der Waals surface area (Å²) in [5, 5.41) is 2.70. The van der Waals surface area contributed by atoms with Gasteiger partial charge in [-0.1, -0.05) is 0 Å². The molecular weight excluding hydrogens is 450 g/mol. The van der Waals surface area contributed by atoms with Crippen LogP contribution >= 0.6 is 15.9 Å². The normalized spacial score (nSPS) is 15.4. The van der Waals surface area contributed by atoms with Crippen LogP contribution in [0.5, 0.6) is 0 Å². The summed E-state index contributed by atoms with van der Waals surface area (Å²) in [5.74, 6) is -2.38. The van der Waals surface area contributed by atoms with Gasteiger partial charge in [-0.15, -0.1) is 0 Å². The number of methoxy groups -OCH3 is 1. The lowest BCUT2D eigenvalue weighted by molar-refractivity contribution is -0.115. The van der Waals surface area contributed by atoms with Crippen LogP contribution in [0.1, 0.15) is 22.3 Å². The first-order valence-electron chi connectivity index (χ1n) is 8.80. The number of ether oxygens (including phenoxy) is 2. The molecular formula is C20H19BrF2N2O4. The molecule has 0 aromatic heterocycles. The van der Waals surface area contributed by atoms with Gasteiger partial charge in [0.15, 0.2) is 0 Å². The first-order valence-corrected chi connectivity index (χ1v) is 9.59. The van der Waals surface area contributed by atoms with E-state index in [1.807, 2.05) is 0 Å². The number of nitrogens with zero attached hydrogens (tertiary/aromatic N) is 1. The summed E-state index contributed by atoms with van der Waals surface area (Å²) in [6.07, 6.45) is 0.268. The number of halogens is 3. The molecule has 29 heavy (non-hydrogen) atoms. The van der Waals surface area contributed by atoms with E-state index in [1.54, 1.807) is 24.1 Å². The molecule has 1 atom stereocenters. The molecule has 0 bridgehead atoms. The Morgan fingerprint density at radius 2 is 2.00 bits per heavy atom. The molecule has 6 nitrogen and oxygen atoms in total. The Labute approximate surface area is 174 Å². The van der Waals surface area contributed by atoms with E-state index in [0.717, 1.165) is 18.6 Å². The Bertz CT molecular complexity index is 950.